The molecule has 0 bridgehead atoms. The van der Waals surface area contributed by atoms with E-state index in [0.717, 1.165) is 21.2 Å². The summed E-state index contributed by atoms with van der Waals surface area (Å²) in [6.45, 7) is 0.625. The summed E-state index contributed by atoms with van der Waals surface area (Å²) in [6, 6.07) is 18.8. The minimum absolute atomic E-state index is 0.181. The van der Waals surface area contributed by atoms with Gasteiger partial charge in [0.1, 0.15) is 6.61 Å². The van der Waals surface area contributed by atoms with E-state index in [1.807, 2.05) is 42.5 Å². The number of ether oxygens (including phenoxy) is 4. The molecule has 3 aromatic rings. The number of hydrogen-bond donors (Lipinski definition) is 1. The van der Waals surface area contributed by atoms with Crippen molar-refractivity contribution < 1.29 is 23.7 Å². The summed E-state index contributed by atoms with van der Waals surface area (Å²) in [5.74, 6) is 2.30. The van der Waals surface area contributed by atoms with Crippen molar-refractivity contribution in [3.8, 4) is 23.0 Å². The molecule has 8 heteroatoms. The summed E-state index contributed by atoms with van der Waals surface area (Å²) in [5, 5.41) is 4.04. The van der Waals surface area contributed by atoms with E-state index in [1.54, 1.807) is 31.5 Å². The Labute approximate surface area is 194 Å². The van der Waals surface area contributed by atoms with Crippen LogP contribution in [0.1, 0.15) is 16.7 Å². The van der Waals surface area contributed by atoms with Gasteiger partial charge in [-0.3, -0.25) is 4.79 Å². The molecule has 1 amide bonds. The third-order valence-electron chi connectivity index (χ3n) is 4.70. The lowest BCUT2D eigenvalue weighted by molar-refractivity contribution is -0.120. The fraction of sp³-hybridized carbons (Fsp3) is 0.167. The summed E-state index contributed by atoms with van der Waals surface area (Å²) in [5.41, 5.74) is 5.16. The number of amides is 1. The van der Waals surface area contributed by atoms with Crippen LogP contribution in [0.2, 0.25) is 0 Å². The van der Waals surface area contributed by atoms with Gasteiger partial charge >= 0.3 is 0 Å². The van der Waals surface area contributed by atoms with Gasteiger partial charge in [0.2, 0.25) is 12.7 Å². The lowest BCUT2D eigenvalue weighted by Crippen LogP contribution is -2.19. The number of rotatable bonds is 8. The van der Waals surface area contributed by atoms with Crippen LogP contribution in [0.5, 0.6) is 23.0 Å². The zero-order valence-corrected chi connectivity index (χ0v) is 18.9. The maximum atomic E-state index is 12.2. The van der Waals surface area contributed by atoms with E-state index in [9.17, 15) is 4.79 Å². The van der Waals surface area contributed by atoms with E-state index in [-0.39, 0.29) is 19.1 Å². The first-order valence-corrected chi connectivity index (χ1v) is 10.7. The predicted octanol–water partition coefficient (Wildman–Crippen LogP) is 4.46. The summed E-state index contributed by atoms with van der Waals surface area (Å²) in [6.07, 6.45) is 1.73. The van der Waals surface area contributed by atoms with Crippen molar-refractivity contribution in [1.82, 2.24) is 5.43 Å². The number of carbonyl (C=O) groups is 1. The maximum Gasteiger partial charge on any atom is 0.244 e. The number of halogens is 1. The van der Waals surface area contributed by atoms with Gasteiger partial charge in [-0.2, -0.15) is 5.10 Å². The molecule has 0 aliphatic carbocycles. The largest absolute Gasteiger partial charge is 0.493 e. The van der Waals surface area contributed by atoms with Crippen molar-refractivity contribution >= 4 is 28.1 Å². The minimum atomic E-state index is -0.235. The van der Waals surface area contributed by atoms with Crippen molar-refractivity contribution in [3.05, 3.63) is 81.8 Å². The number of hydrazone groups is 1. The third-order valence-corrected chi connectivity index (χ3v) is 5.23. The van der Waals surface area contributed by atoms with Crippen LogP contribution in [0.15, 0.2) is 70.2 Å². The topological polar surface area (TPSA) is 78.4 Å². The number of nitrogens with one attached hydrogen (secondary N) is 1. The van der Waals surface area contributed by atoms with Gasteiger partial charge in [-0.05, 0) is 59.2 Å². The smallest absolute Gasteiger partial charge is 0.244 e. The molecule has 3 aromatic carbocycles. The van der Waals surface area contributed by atoms with E-state index in [4.69, 9.17) is 18.9 Å². The third kappa shape index (κ3) is 5.59. The van der Waals surface area contributed by atoms with Gasteiger partial charge in [-0.25, -0.2) is 5.43 Å². The molecule has 1 aliphatic heterocycles. The van der Waals surface area contributed by atoms with Gasteiger partial charge in [0.05, 0.1) is 19.7 Å². The molecule has 0 unspecified atom stereocenters. The summed E-state index contributed by atoms with van der Waals surface area (Å²) in [4.78, 5) is 12.2. The standard InChI is InChI=1S/C24H21BrN2O5/c1-29-22-11-18(5-9-20(22)30-14-16-2-6-19(25)7-3-16)13-26-27-24(28)12-17-4-8-21-23(10-17)32-15-31-21/h2-11,13H,12,14-15H2,1H3,(H,27,28)/b26-13+. The average molecular weight is 497 g/mol. The molecular formula is C24H21BrN2O5. The van der Waals surface area contributed by atoms with Crippen LogP contribution < -0.4 is 24.4 Å². The molecule has 4 rings (SSSR count). The molecule has 1 heterocycles. The highest BCUT2D eigenvalue weighted by molar-refractivity contribution is 9.10. The lowest BCUT2D eigenvalue weighted by atomic mass is 10.1. The van der Waals surface area contributed by atoms with E-state index >= 15 is 0 Å². The number of benzene rings is 3. The Morgan fingerprint density at radius 2 is 1.81 bits per heavy atom. The molecule has 1 aliphatic rings. The first-order chi connectivity index (χ1) is 15.6. The normalized spacial score (nSPS) is 12.1. The Hall–Kier alpha value is -3.52. The summed E-state index contributed by atoms with van der Waals surface area (Å²) < 4.78 is 22.9. The Morgan fingerprint density at radius 3 is 2.62 bits per heavy atom. The minimum Gasteiger partial charge on any atom is -0.493 e. The molecule has 0 aromatic heterocycles. The number of nitrogens with zero attached hydrogens (tertiary/aromatic N) is 1. The molecule has 0 saturated heterocycles. The van der Waals surface area contributed by atoms with Gasteiger partial charge in [0.25, 0.3) is 0 Å². The Balaban J connectivity index is 1.32. The zero-order valence-electron chi connectivity index (χ0n) is 17.3. The second-order valence-corrected chi connectivity index (χ2v) is 7.90. The van der Waals surface area contributed by atoms with E-state index in [1.165, 1.54) is 0 Å². The van der Waals surface area contributed by atoms with Crippen LogP contribution >= 0.6 is 15.9 Å². The molecule has 1 N–H and O–H groups in total. The lowest BCUT2D eigenvalue weighted by Gasteiger charge is -2.11. The van der Waals surface area contributed by atoms with E-state index in [2.05, 4.69) is 26.5 Å². The molecule has 0 atom stereocenters. The van der Waals surface area contributed by atoms with Crippen LogP contribution in [-0.4, -0.2) is 26.0 Å². The van der Waals surface area contributed by atoms with Crippen molar-refractivity contribution in [2.75, 3.05) is 13.9 Å². The Morgan fingerprint density at radius 1 is 1.03 bits per heavy atom. The molecule has 164 valence electrons. The second kappa shape index (κ2) is 10.2. The first kappa shape index (κ1) is 21.7. The van der Waals surface area contributed by atoms with Crippen LogP contribution in [0, 0.1) is 0 Å². The Bertz CT molecular complexity index is 1130. The SMILES string of the molecule is COc1cc(/C=N/NC(=O)Cc2ccc3c(c2)OCO3)ccc1OCc1ccc(Br)cc1. The highest BCUT2D eigenvalue weighted by Crippen LogP contribution is 2.32. The highest BCUT2D eigenvalue weighted by atomic mass is 79.9. The van der Waals surface area contributed by atoms with Crippen LogP contribution in [-0.2, 0) is 17.8 Å². The van der Waals surface area contributed by atoms with E-state index < -0.39 is 0 Å². The molecule has 0 fully saturated rings. The van der Waals surface area contributed by atoms with Crippen molar-refractivity contribution in [3.63, 3.8) is 0 Å². The van der Waals surface area contributed by atoms with Gasteiger partial charge in [0, 0.05) is 4.47 Å². The van der Waals surface area contributed by atoms with Gasteiger partial charge < -0.3 is 18.9 Å². The van der Waals surface area contributed by atoms with Crippen LogP contribution in [0.4, 0.5) is 0 Å². The number of methoxy groups -OCH3 is 1. The van der Waals surface area contributed by atoms with Crippen LogP contribution in [0.25, 0.3) is 0 Å². The molecule has 0 saturated carbocycles. The van der Waals surface area contributed by atoms with Gasteiger partial charge in [-0.15, -0.1) is 0 Å². The fourth-order valence-corrected chi connectivity index (χ4v) is 3.34. The second-order valence-electron chi connectivity index (χ2n) is 6.98. The highest BCUT2D eigenvalue weighted by Gasteiger charge is 2.14. The first-order valence-electron chi connectivity index (χ1n) is 9.86. The predicted molar refractivity (Wildman–Crippen MR) is 123 cm³/mol. The van der Waals surface area contributed by atoms with E-state index in [0.29, 0.717) is 29.6 Å². The van der Waals surface area contributed by atoms with Crippen molar-refractivity contribution in [1.29, 1.82) is 0 Å². The number of fused-ring (bicyclic) bond motifs is 1. The monoisotopic (exact) mass is 496 g/mol. The van der Waals surface area contributed by atoms with Crippen molar-refractivity contribution in [2.45, 2.75) is 13.0 Å². The fourth-order valence-electron chi connectivity index (χ4n) is 3.08. The molecule has 0 radical (unpaired) electrons. The molecular weight excluding hydrogens is 476 g/mol. The summed E-state index contributed by atoms with van der Waals surface area (Å²) in [7, 11) is 1.58. The Kier molecular flexibility index (Phi) is 6.91. The number of carbonyl (C=O) groups excluding carboxylic acids is 1. The van der Waals surface area contributed by atoms with Crippen LogP contribution in [0.3, 0.4) is 0 Å². The molecule has 32 heavy (non-hydrogen) atoms. The number of hydrogen-bond acceptors (Lipinski definition) is 6. The molecule has 0 spiro atoms. The van der Waals surface area contributed by atoms with Gasteiger partial charge in [-0.1, -0.05) is 34.1 Å². The van der Waals surface area contributed by atoms with Gasteiger partial charge in [0.15, 0.2) is 23.0 Å². The summed E-state index contributed by atoms with van der Waals surface area (Å²) >= 11 is 3.42. The average Bonchev–Trinajstić information content (AvgIpc) is 3.27. The zero-order chi connectivity index (χ0) is 22.3. The maximum absolute atomic E-state index is 12.2. The quantitative estimate of drug-likeness (QED) is 0.368. The van der Waals surface area contributed by atoms with Crippen molar-refractivity contribution in [2.24, 2.45) is 5.10 Å². The molecule has 7 nitrogen and oxygen atoms in total.